The number of ether oxygens (including phenoxy) is 6. The monoisotopic (exact) mass is 813 g/mol. The Morgan fingerprint density at radius 1 is 0.672 bits per heavy atom. The molecule has 0 aliphatic rings. The summed E-state index contributed by atoms with van der Waals surface area (Å²) < 4.78 is 35.0. The molecule has 0 saturated carbocycles. The number of aryl methyl sites for hydroxylation is 5. The van der Waals surface area contributed by atoms with E-state index >= 15 is 0 Å². The van der Waals surface area contributed by atoms with E-state index in [0.29, 0.717) is 79.1 Å². The van der Waals surface area contributed by atoms with Crippen LogP contribution in [0.15, 0.2) is 24.8 Å². The van der Waals surface area contributed by atoms with E-state index in [4.69, 9.17) is 39.3 Å². The zero-order chi connectivity index (χ0) is 43.5. The third kappa shape index (κ3) is 13.6. The van der Waals surface area contributed by atoms with Crippen LogP contribution in [-0.4, -0.2) is 115 Å². The van der Waals surface area contributed by atoms with E-state index in [-0.39, 0.29) is 35.8 Å². The van der Waals surface area contributed by atoms with Crippen molar-refractivity contribution in [3.8, 4) is 0 Å². The molecular weight excluding hydrogens is 754 g/mol. The number of carbonyl (C=O) groups excluding carboxylic acids is 2. The van der Waals surface area contributed by atoms with Crippen LogP contribution in [0.3, 0.4) is 0 Å². The van der Waals surface area contributed by atoms with Crippen molar-refractivity contribution in [2.24, 2.45) is 5.92 Å². The zero-order valence-corrected chi connectivity index (χ0v) is 35.6. The number of rotatable bonds is 15. The van der Waals surface area contributed by atoms with Crippen molar-refractivity contribution < 1.29 is 47.9 Å². The van der Waals surface area contributed by atoms with Gasteiger partial charge in [0.2, 0.25) is 0 Å². The summed E-state index contributed by atoms with van der Waals surface area (Å²) in [5.41, 5.74) is 11.0. The topological polar surface area (TPSA) is 242 Å². The molecule has 19 nitrogen and oxygen atoms in total. The van der Waals surface area contributed by atoms with Gasteiger partial charge in [0.05, 0.1) is 30.5 Å². The van der Waals surface area contributed by atoms with E-state index < -0.39 is 11.9 Å². The zero-order valence-electron chi connectivity index (χ0n) is 35.6. The fourth-order valence-corrected chi connectivity index (χ4v) is 5.37. The Hall–Kier alpha value is -5.50. The van der Waals surface area contributed by atoms with E-state index in [1.807, 2.05) is 54.7 Å². The first kappa shape index (κ1) is 48.6. The first-order chi connectivity index (χ1) is 27.6. The number of nitrogens with two attached hydrogens (primary N) is 1. The van der Waals surface area contributed by atoms with E-state index in [2.05, 4.69) is 30.4 Å². The van der Waals surface area contributed by atoms with Gasteiger partial charge in [-0.2, -0.15) is 15.3 Å². The molecule has 0 aliphatic heterocycles. The van der Waals surface area contributed by atoms with Gasteiger partial charge in [-0.1, -0.05) is 6.92 Å². The first-order valence-electron chi connectivity index (χ1n) is 19.1. The van der Waals surface area contributed by atoms with Crippen molar-refractivity contribution >= 4 is 35.0 Å². The number of H-pyrrole nitrogens is 1. The van der Waals surface area contributed by atoms with Gasteiger partial charge < -0.3 is 39.3 Å². The van der Waals surface area contributed by atoms with Gasteiger partial charge in [0.15, 0.2) is 29.7 Å². The van der Waals surface area contributed by atoms with Crippen LogP contribution in [0.4, 0.5) is 5.82 Å². The number of esters is 2. The molecule has 0 unspecified atom stereocenters. The Bertz CT molecular complexity index is 2010. The molecule has 320 valence electrons. The number of hydrogen-bond donors (Lipinski definition) is 3. The van der Waals surface area contributed by atoms with Crippen molar-refractivity contribution in [1.29, 1.82) is 0 Å². The van der Waals surface area contributed by atoms with Gasteiger partial charge >= 0.3 is 17.9 Å². The Kier molecular flexibility index (Phi) is 20.4. The number of aromatic amines is 1. The minimum Gasteiger partial charge on any atom is -0.477 e. The number of carboxylic acid groups (broad SMARTS) is 1. The molecule has 0 radical (unpaired) electrons. The van der Waals surface area contributed by atoms with Gasteiger partial charge in [0, 0.05) is 56.9 Å². The van der Waals surface area contributed by atoms with Gasteiger partial charge in [-0.05, 0) is 87.3 Å². The minimum atomic E-state index is -0.992. The maximum absolute atomic E-state index is 11.7. The number of nitrogens with zero attached hydrogens (tertiary/aromatic N) is 7. The molecule has 0 saturated heterocycles. The molecule has 0 fully saturated rings. The average molecular weight is 814 g/mol. The van der Waals surface area contributed by atoms with E-state index in [1.165, 1.54) is 4.52 Å². The third-order valence-corrected chi connectivity index (χ3v) is 7.88. The van der Waals surface area contributed by atoms with E-state index in [9.17, 15) is 14.4 Å². The predicted molar refractivity (Wildman–Crippen MR) is 215 cm³/mol. The second-order valence-electron chi connectivity index (χ2n) is 12.5. The summed E-state index contributed by atoms with van der Waals surface area (Å²) in [7, 11) is 0. The highest BCUT2D eigenvalue weighted by molar-refractivity contribution is 5.97. The SMILES string of the molecule is CCOC(=O)c1c(C)nn2cc(C)cnc12.CCOC(=O)c1c(N)n[nH]c1C.CCOC(OCC)C(C)C(OCC)OCC.Cc1cnc2c(C(=O)O)c(C)nn2c1. The molecule has 5 aromatic heterocycles. The summed E-state index contributed by atoms with van der Waals surface area (Å²) in [5.74, 6) is -1.55. The smallest absolute Gasteiger partial charge is 0.343 e. The van der Waals surface area contributed by atoms with Crippen LogP contribution in [-0.2, 0) is 28.4 Å². The number of fused-ring (bicyclic) bond motifs is 2. The van der Waals surface area contributed by atoms with Gasteiger partial charge in [0.1, 0.15) is 16.7 Å². The summed E-state index contributed by atoms with van der Waals surface area (Å²) in [6, 6.07) is 0. The molecule has 0 amide bonds. The van der Waals surface area contributed by atoms with Crippen molar-refractivity contribution in [2.75, 3.05) is 45.4 Å². The fourth-order valence-electron chi connectivity index (χ4n) is 5.37. The molecule has 4 N–H and O–H groups in total. The van der Waals surface area contributed by atoms with Gasteiger partial charge in [-0.25, -0.2) is 33.4 Å². The van der Waals surface area contributed by atoms with Crippen LogP contribution in [0, 0.1) is 40.5 Å². The molecule has 5 rings (SSSR count). The normalized spacial score (nSPS) is 10.9. The van der Waals surface area contributed by atoms with Crippen molar-refractivity contribution in [3.05, 3.63) is 69.7 Å². The molecule has 0 atom stereocenters. The molecule has 0 aromatic carbocycles. The Balaban J connectivity index is 0.000000268. The lowest BCUT2D eigenvalue weighted by Crippen LogP contribution is -2.37. The molecule has 5 heterocycles. The Labute approximate surface area is 338 Å². The molecule has 0 aliphatic carbocycles. The van der Waals surface area contributed by atoms with Gasteiger partial charge in [-0.3, -0.25) is 5.10 Å². The van der Waals surface area contributed by atoms with Crippen LogP contribution in [0.2, 0.25) is 0 Å². The largest absolute Gasteiger partial charge is 0.477 e. The molecule has 58 heavy (non-hydrogen) atoms. The van der Waals surface area contributed by atoms with Crippen LogP contribution in [0.25, 0.3) is 11.3 Å². The highest BCUT2D eigenvalue weighted by Gasteiger charge is 2.28. The van der Waals surface area contributed by atoms with Crippen LogP contribution < -0.4 is 5.73 Å². The molecule has 0 bridgehead atoms. The van der Waals surface area contributed by atoms with Crippen LogP contribution in [0.1, 0.15) is 108 Å². The maximum Gasteiger partial charge on any atom is 0.343 e. The summed E-state index contributed by atoms with van der Waals surface area (Å²) in [6.45, 7) is 25.5. The second kappa shape index (κ2) is 24.3. The van der Waals surface area contributed by atoms with E-state index in [0.717, 1.165) is 11.1 Å². The fraction of sp³-hybridized carbons (Fsp3) is 0.538. The highest BCUT2D eigenvalue weighted by Crippen LogP contribution is 2.19. The lowest BCUT2D eigenvalue weighted by Gasteiger charge is -2.29. The molecular formula is C39H59N9O10. The second-order valence-corrected chi connectivity index (χ2v) is 12.5. The number of anilines is 1. The number of nitrogens with one attached hydrogen (secondary N) is 1. The number of aromatic nitrogens is 8. The van der Waals surface area contributed by atoms with Crippen molar-refractivity contribution in [2.45, 2.75) is 95.7 Å². The van der Waals surface area contributed by atoms with E-state index in [1.54, 1.807) is 57.7 Å². The maximum atomic E-state index is 11.7. The van der Waals surface area contributed by atoms with Crippen LogP contribution in [0.5, 0.6) is 0 Å². The standard InChI is InChI=1S/C12H26O4.C11H13N3O2.C9H9N3O2.C7H11N3O2/c1-6-13-11(14-7-2)10(5)12(15-8-3)16-9-4;1-4-16-11(15)9-8(3)13-14-6-7(2)5-12-10(9)14;1-5-3-10-8-7(9(13)14)6(2)11-12(8)4-5;1-3-12-7(11)5-4(2)9-10-6(5)8/h10-12H,6-9H2,1-5H3;5-6H,4H2,1-3H3;3-4H,1-2H3,(H,13,14);3H2,1-2H3,(H3,8,9,10). The number of hydrogen-bond acceptors (Lipinski definition) is 15. The van der Waals surface area contributed by atoms with Crippen LogP contribution >= 0.6 is 0 Å². The lowest BCUT2D eigenvalue weighted by atomic mass is 10.1. The first-order valence-corrected chi connectivity index (χ1v) is 19.1. The van der Waals surface area contributed by atoms with Crippen molar-refractivity contribution in [3.63, 3.8) is 0 Å². The Morgan fingerprint density at radius 3 is 1.43 bits per heavy atom. The lowest BCUT2D eigenvalue weighted by molar-refractivity contribution is -0.242. The number of nitrogen functional groups attached to an aromatic ring is 1. The quantitative estimate of drug-likeness (QED) is 0.0877. The van der Waals surface area contributed by atoms with Gasteiger partial charge in [0.25, 0.3) is 0 Å². The van der Waals surface area contributed by atoms with Crippen molar-refractivity contribution in [1.82, 2.24) is 39.4 Å². The number of carbonyl (C=O) groups is 3. The summed E-state index contributed by atoms with van der Waals surface area (Å²) in [6.07, 6.45) is 6.39. The molecule has 5 aromatic rings. The summed E-state index contributed by atoms with van der Waals surface area (Å²) >= 11 is 0. The molecule has 19 heteroatoms. The summed E-state index contributed by atoms with van der Waals surface area (Å²) in [5, 5.41) is 23.5. The minimum absolute atomic E-state index is 0.0554. The summed E-state index contributed by atoms with van der Waals surface area (Å²) in [4.78, 5) is 42.0. The number of aromatic carboxylic acids is 1. The van der Waals surface area contributed by atoms with Gasteiger partial charge in [-0.15, -0.1) is 0 Å². The average Bonchev–Trinajstić information content (AvgIpc) is 3.81. The predicted octanol–water partition coefficient (Wildman–Crippen LogP) is 5.46. The molecule has 0 spiro atoms. The highest BCUT2D eigenvalue weighted by atomic mass is 16.7. The third-order valence-electron chi connectivity index (χ3n) is 7.88. The Morgan fingerprint density at radius 2 is 1.07 bits per heavy atom. The number of carboxylic acids is 1.